The lowest BCUT2D eigenvalue weighted by molar-refractivity contribution is -0.130. The zero-order valence-corrected chi connectivity index (χ0v) is 21.2. The van der Waals surface area contributed by atoms with E-state index in [1.54, 1.807) is 0 Å². The standard InChI is InChI=1S/C26H36N6O3.ClH/c27-22(15-17-11-12-18-6-1-2-7-19(18)14-17)25(35)32-23-10-4-3-9-21(23)24(34)31-20(16-33)8-5-13-30-26(28)29;/h1-2,6-7,11-12,14,16,20-23H,3-5,8-10,13,15,27H2,(H,31,34)(H,32,35)(H4,28,29,30);1H/t20-,21+,22+,23-;/m0./s1. The van der Waals surface area contributed by atoms with Gasteiger partial charge in [-0.15, -0.1) is 12.4 Å². The summed E-state index contributed by atoms with van der Waals surface area (Å²) in [6, 6.07) is 12.4. The number of fused-ring (bicyclic) bond motifs is 1. The summed E-state index contributed by atoms with van der Waals surface area (Å²) in [6.45, 7) is 0.389. The van der Waals surface area contributed by atoms with Crippen LogP contribution < -0.4 is 27.8 Å². The average Bonchev–Trinajstić information content (AvgIpc) is 2.85. The quantitative estimate of drug-likeness (QED) is 0.131. The number of hydrogen-bond donors (Lipinski definition) is 5. The zero-order chi connectivity index (χ0) is 25.2. The van der Waals surface area contributed by atoms with Crippen molar-refractivity contribution in [3.63, 3.8) is 0 Å². The third-order valence-corrected chi connectivity index (χ3v) is 6.50. The van der Waals surface area contributed by atoms with Crippen molar-refractivity contribution in [2.45, 2.75) is 63.1 Å². The van der Waals surface area contributed by atoms with Gasteiger partial charge in [0, 0.05) is 12.6 Å². The summed E-state index contributed by atoms with van der Waals surface area (Å²) in [7, 11) is 0. The maximum atomic E-state index is 13.0. The van der Waals surface area contributed by atoms with E-state index in [0.717, 1.165) is 35.5 Å². The van der Waals surface area contributed by atoms with E-state index in [9.17, 15) is 14.4 Å². The lowest BCUT2D eigenvalue weighted by Gasteiger charge is -2.32. The molecule has 0 aromatic heterocycles. The van der Waals surface area contributed by atoms with E-state index in [-0.39, 0.29) is 36.2 Å². The van der Waals surface area contributed by atoms with Crippen LogP contribution in [0.2, 0.25) is 0 Å². The predicted octanol–water partition coefficient (Wildman–Crippen LogP) is 1.54. The molecule has 9 nitrogen and oxygen atoms in total. The van der Waals surface area contributed by atoms with Gasteiger partial charge in [0.25, 0.3) is 0 Å². The van der Waals surface area contributed by atoms with Gasteiger partial charge < -0.3 is 32.6 Å². The zero-order valence-electron chi connectivity index (χ0n) is 20.4. The fourth-order valence-electron chi connectivity index (χ4n) is 4.60. The van der Waals surface area contributed by atoms with Crippen molar-refractivity contribution in [1.82, 2.24) is 10.6 Å². The van der Waals surface area contributed by atoms with Crippen molar-refractivity contribution in [2.24, 2.45) is 28.1 Å². The minimum absolute atomic E-state index is 0. The fourth-order valence-corrected chi connectivity index (χ4v) is 4.60. The summed E-state index contributed by atoms with van der Waals surface area (Å²) in [5.74, 6) is -0.902. The van der Waals surface area contributed by atoms with Crippen LogP contribution in [0, 0.1) is 5.92 Å². The SMILES string of the molecule is Cl.NC(N)=NCCC[C@@H](C=O)NC(=O)[C@@H]1CCCC[C@@H]1NC(=O)[C@H](N)Cc1ccc2ccccc2c1. The molecule has 0 aliphatic heterocycles. The molecule has 36 heavy (non-hydrogen) atoms. The monoisotopic (exact) mass is 516 g/mol. The van der Waals surface area contributed by atoms with Crippen LogP contribution in [0.4, 0.5) is 0 Å². The molecule has 0 unspecified atom stereocenters. The Hall–Kier alpha value is -3.17. The summed E-state index contributed by atoms with van der Waals surface area (Å²) in [5.41, 5.74) is 17.8. The van der Waals surface area contributed by atoms with Crippen molar-refractivity contribution in [3.05, 3.63) is 48.0 Å². The number of benzene rings is 2. The van der Waals surface area contributed by atoms with Crippen LogP contribution in [0.1, 0.15) is 44.1 Å². The van der Waals surface area contributed by atoms with E-state index >= 15 is 0 Å². The lowest BCUT2D eigenvalue weighted by Crippen LogP contribution is -2.54. The predicted molar refractivity (Wildman–Crippen MR) is 145 cm³/mol. The first kappa shape index (κ1) is 29.1. The Morgan fingerprint density at radius 2 is 1.81 bits per heavy atom. The molecule has 1 saturated carbocycles. The Morgan fingerprint density at radius 3 is 2.53 bits per heavy atom. The molecule has 3 rings (SSSR count). The highest BCUT2D eigenvalue weighted by Gasteiger charge is 2.33. The molecule has 0 saturated heterocycles. The second kappa shape index (κ2) is 14.4. The summed E-state index contributed by atoms with van der Waals surface area (Å²) in [5, 5.41) is 8.05. The van der Waals surface area contributed by atoms with Crippen molar-refractivity contribution < 1.29 is 14.4 Å². The van der Waals surface area contributed by atoms with Crippen molar-refractivity contribution >= 4 is 47.2 Å². The smallest absolute Gasteiger partial charge is 0.237 e. The van der Waals surface area contributed by atoms with Gasteiger partial charge in [-0.3, -0.25) is 14.6 Å². The second-order valence-electron chi connectivity index (χ2n) is 9.20. The molecule has 0 spiro atoms. The van der Waals surface area contributed by atoms with Gasteiger partial charge in [0.1, 0.15) is 6.29 Å². The molecule has 0 radical (unpaired) electrons. The van der Waals surface area contributed by atoms with Crippen molar-refractivity contribution in [2.75, 3.05) is 6.54 Å². The van der Waals surface area contributed by atoms with E-state index in [1.807, 2.05) is 42.5 Å². The number of guanidine groups is 1. The van der Waals surface area contributed by atoms with Gasteiger partial charge in [0.05, 0.1) is 18.0 Å². The van der Waals surface area contributed by atoms with Gasteiger partial charge in [0.15, 0.2) is 5.96 Å². The van der Waals surface area contributed by atoms with E-state index in [0.29, 0.717) is 38.6 Å². The van der Waals surface area contributed by atoms with Gasteiger partial charge in [-0.2, -0.15) is 0 Å². The maximum absolute atomic E-state index is 13.0. The number of nitrogens with one attached hydrogen (secondary N) is 2. The van der Waals surface area contributed by atoms with E-state index < -0.39 is 18.0 Å². The van der Waals surface area contributed by atoms with Crippen LogP contribution in [0.25, 0.3) is 10.8 Å². The molecule has 1 aliphatic carbocycles. The number of aliphatic imine (C=N–C) groups is 1. The summed E-state index contributed by atoms with van der Waals surface area (Å²) >= 11 is 0. The molecule has 1 fully saturated rings. The Labute approximate surface area is 218 Å². The number of halogens is 1. The van der Waals surface area contributed by atoms with Crippen LogP contribution in [-0.2, 0) is 20.8 Å². The largest absolute Gasteiger partial charge is 0.370 e. The molecular weight excluding hydrogens is 480 g/mol. The van der Waals surface area contributed by atoms with Crippen molar-refractivity contribution in [1.29, 1.82) is 0 Å². The molecule has 0 bridgehead atoms. The van der Waals surface area contributed by atoms with Gasteiger partial charge in [-0.1, -0.05) is 55.3 Å². The van der Waals surface area contributed by atoms with Crippen LogP contribution in [0.15, 0.2) is 47.5 Å². The summed E-state index contributed by atoms with van der Waals surface area (Å²) < 4.78 is 0. The van der Waals surface area contributed by atoms with E-state index in [1.165, 1.54) is 0 Å². The Morgan fingerprint density at radius 1 is 1.08 bits per heavy atom. The number of carbonyl (C=O) groups is 3. The first-order chi connectivity index (χ1) is 16.9. The third-order valence-electron chi connectivity index (χ3n) is 6.50. The first-order valence-corrected chi connectivity index (χ1v) is 12.2. The van der Waals surface area contributed by atoms with Crippen LogP contribution in [0.5, 0.6) is 0 Å². The fraction of sp³-hybridized carbons (Fsp3) is 0.462. The number of hydrogen-bond acceptors (Lipinski definition) is 5. The van der Waals surface area contributed by atoms with Gasteiger partial charge >= 0.3 is 0 Å². The normalized spacial score (nSPS) is 18.8. The molecule has 1 aliphatic rings. The molecule has 4 atom stereocenters. The van der Waals surface area contributed by atoms with Crippen molar-refractivity contribution in [3.8, 4) is 0 Å². The molecule has 8 N–H and O–H groups in total. The summed E-state index contributed by atoms with van der Waals surface area (Å²) in [6.07, 6.45) is 5.29. The van der Waals surface area contributed by atoms with Gasteiger partial charge in [-0.25, -0.2) is 0 Å². The minimum Gasteiger partial charge on any atom is -0.370 e. The number of aldehydes is 1. The number of carbonyl (C=O) groups excluding carboxylic acids is 3. The number of nitrogens with two attached hydrogens (primary N) is 3. The number of nitrogens with zero attached hydrogens (tertiary/aromatic N) is 1. The Balaban J connectivity index is 0.00000456. The maximum Gasteiger partial charge on any atom is 0.237 e. The lowest BCUT2D eigenvalue weighted by atomic mass is 9.83. The Kier molecular flexibility index (Phi) is 11.6. The molecule has 2 amide bonds. The highest BCUT2D eigenvalue weighted by Crippen LogP contribution is 2.25. The second-order valence-corrected chi connectivity index (χ2v) is 9.20. The summed E-state index contributed by atoms with van der Waals surface area (Å²) in [4.78, 5) is 41.2. The number of rotatable bonds is 11. The number of amides is 2. The minimum atomic E-state index is -0.722. The van der Waals surface area contributed by atoms with E-state index in [4.69, 9.17) is 17.2 Å². The van der Waals surface area contributed by atoms with Crippen LogP contribution >= 0.6 is 12.4 Å². The van der Waals surface area contributed by atoms with Crippen LogP contribution in [-0.4, -0.2) is 48.7 Å². The third kappa shape index (κ3) is 8.49. The molecule has 0 heterocycles. The highest BCUT2D eigenvalue weighted by molar-refractivity contribution is 5.86. The van der Waals surface area contributed by atoms with Gasteiger partial charge in [-0.05, 0) is 48.4 Å². The van der Waals surface area contributed by atoms with Gasteiger partial charge in [0.2, 0.25) is 11.8 Å². The average molecular weight is 517 g/mol. The Bertz CT molecular complexity index is 1060. The molecule has 196 valence electrons. The molecular formula is C26H37ClN6O3. The molecule has 2 aromatic rings. The highest BCUT2D eigenvalue weighted by atomic mass is 35.5. The first-order valence-electron chi connectivity index (χ1n) is 12.2. The van der Waals surface area contributed by atoms with E-state index in [2.05, 4.69) is 15.6 Å². The molecule has 2 aromatic carbocycles. The molecule has 10 heteroatoms. The topological polar surface area (TPSA) is 166 Å². The van der Waals surface area contributed by atoms with Crippen LogP contribution in [0.3, 0.4) is 0 Å².